The van der Waals surface area contributed by atoms with Gasteiger partial charge in [0, 0.05) is 5.41 Å². The number of hydrogen-bond acceptors (Lipinski definition) is 5. The van der Waals surface area contributed by atoms with E-state index in [9.17, 15) is 14.8 Å². The Bertz CT molecular complexity index is 307. The molecule has 0 aromatic carbocycles. The van der Waals surface area contributed by atoms with E-state index in [1.807, 2.05) is 0 Å². The van der Waals surface area contributed by atoms with Gasteiger partial charge in [0.2, 0.25) is 0 Å². The van der Waals surface area contributed by atoms with Gasteiger partial charge in [0.1, 0.15) is 0 Å². The van der Waals surface area contributed by atoms with Crippen molar-refractivity contribution in [2.75, 3.05) is 19.4 Å². The highest BCUT2D eigenvalue weighted by molar-refractivity contribution is 7.53. The van der Waals surface area contributed by atoms with Gasteiger partial charge in [-0.3, -0.25) is 4.57 Å². The summed E-state index contributed by atoms with van der Waals surface area (Å²) in [4.78, 5) is 0. The molecule has 102 valence electrons. The summed E-state index contributed by atoms with van der Waals surface area (Å²) >= 11 is 0. The van der Waals surface area contributed by atoms with E-state index < -0.39 is 24.7 Å². The minimum atomic E-state index is -3.13. The molecular formula is C11H23O5P. The van der Waals surface area contributed by atoms with Crippen molar-refractivity contribution < 1.29 is 23.8 Å². The van der Waals surface area contributed by atoms with Gasteiger partial charge < -0.3 is 19.3 Å². The van der Waals surface area contributed by atoms with E-state index in [-0.39, 0.29) is 12.6 Å². The molecule has 2 N–H and O–H groups in total. The molecule has 5 nitrogen and oxygen atoms in total. The lowest BCUT2D eigenvalue weighted by Crippen LogP contribution is -2.20. The van der Waals surface area contributed by atoms with E-state index in [4.69, 9.17) is 9.05 Å². The van der Waals surface area contributed by atoms with Gasteiger partial charge in [-0.15, -0.1) is 0 Å². The monoisotopic (exact) mass is 266 g/mol. The summed E-state index contributed by atoms with van der Waals surface area (Å²) in [5.41, 5.74) is -1.72. The first kappa shape index (κ1) is 15.1. The predicted octanol–water partition coefficient (Wildman–Crippen LogP) is 1.77. The van der Waals surface area contributed by atoms with E-state index in [1.54, 1.807) is 27.7 Å². The van der Waals surface area contributed by atoms with Crippen LogP contribution in [-0.4, -0.2) is 41.3 Å². The average molecular weight is 266 g/mol. The molecule has 2 atom stereocenters. The third-order valence-corrected chi connectivity index (χ3v) is 5.66. The van der Waals surface area contributed by atoms with E-state index in [0.717, 1.165) is 0 Å². The van der Waals surface area contributed by atoms with Crippen molar-refractivity contribution in [3.63, 3.8) is 0 Å². The molecule has 17 heavy (non-hydrogen) atoms. The molecule has 2 unspecified atom stereocenters. The van der Waals surface area contributed by atoms with Crippen LogP contribution in [0.25, 0.3) is 0 Å². The topological polar surface area (TPSA) is 76.0 Å². The van der Waals surface area contributed by atoms with Crippen LogP contribution >= 0.6 is 7.60 Å². The Morgan fingerprint density at radius 3 is 1.94 bits per heavy atom. The molecule has 0 heterocycles. The first-order valence-electron chi connectivity index (χ1n) is 6.02. The van der Waals surface area contributed by atoms with Gasteiger partial charge in [0.25, 0.3) is 0 Å². The summed E-state index contributed by atoms with van der Waals surface area (Å²) in [6.45, 7) is 7.67. The Morgan fingerprint density at radius 2 is 1.65 bits per heavy atom. The minimum absolute atomic E-state index is 0.131. The van der Waals surface area contributed by atoms with Gasteiger partial charge >= 0.3 is 7.60 Å². The first-order valence-corrected chi connectivity index (χ1v) is 7.75. The van der Waals surface area contributed by atoms with Crippen LogP contribution in [0, 0.1) is 5.41 Å². The smallest absolute Gasteiger partial charge is 0.330 e. The molecule has 0 aromatic heterocycles. The van der Waals surface area contributed by atoms with Crippen LogP contribution in [0.15, 0.2) is 0 Å². The molecule has 1 rings (SSSR count). The highest BCUT2D eigenvalue weighted by Crippen LogP contribution is 2.60. The van der Waals surface area contributed by atoms with Gasteiger partial charge in [-0.05, 0) is 20.3 Å². The van der Waals surface area contributed by atoms with Crippen LogP contribution < -0.4 is 0 Å². The van der Waals surface area contributed by atoms with Crippen molar-refractivity contribution in [3.05, 3.63) is 0 Å². The van der Waals surface area contributed by atoms with Crippen molar-refractivity contribution in [1.29, 1.82) is 0 Å². The maximum atomic E-state index is 12.2. The molecule has 0 aromatic rings. The second kappa shape index (κ2) is 4.98. The van der Waals surface area contributed by atoms with Crippen molar-refractivity contribution in [2.45, 2.75) is 45.8 Å². The zero-order chi connectivity index (χ0) is 13.3. The normalized spacial score (nSPS) is 31.5. The highest BCUT2D eigenvalue weighted by atomic mass is 31.2. The second-order valence-corrected chi connectivity index (χ2v) is 7.15. The van der Waals surface area contributed by atoms with Crippen LogP contribution in [0.3, 0.4) is 0 Å². The van der Waals surface area contributed by atoms with Gasteiger partial charge in [-0.2, -0.15) is 0 Å². The molecule has 1 saturated carbocycles. The first-order chi connectivity index (χ1) is 7.73. The Balaban J connectivity index is 2.57. The number of aliphatic hydroxyl groups excluding tert-OH is 1. The molecule has 0 spiro atoms. The fraction of sp³-hybridized carbons (Fsp3) is 1.00. The van der Waals surface area contributed by atoms with Crippen LogP contribution in [0.2, 0.25) is 0 Å². The van der Waals surface area contributed by atoms with Gasteiger partial charge in [0.15, 0.2) is 0 Å². The third-order valence-electron chi connectivity index (χ3n) is 3.59. The number of rotatable bonds is 7. The van der Waals surface area contributed by atoms with Crippen LogP contribution in [0.4, 0.5) is 0 Å². The van der Waals surface area contributed by atoms with E-state index in [0.29, 0.717) is 13.2 Å². The summed E-state index contributed by atoms with van der Waals surface area (Å²) in [5.74, 6) is 0. The molecule has 0 saturated heterocycles. The Morgan fingerprint density at radius 1 is 1.24 bits per heavy atom. The Hall–Kier alpha value is 0.0700. The fourth-order valence-electron chi connectivity index (χ4n) is 2.13. The molecule has 1 aliphatic rings. The number of aliphatic hydroxyl groups is 2. The third kappa shape index (κ3) is 2.74. The van der Waals surface area contributed by atoms with Gasteiger partial charge in [-0.1, -0.05) is 13.8 Å². The van der Waals surface area contributed by atoms with Crippen molar-refractivity contribution in [3.8, 4) is 0 Å². The van der Waals surface area contributed by atoms with E-state index in [1.165, 1.54) is 0 Å². The van der Waals surface area contributed by atoms with Crippen LogP contribution in [0.1, 0.15) is 34.1 Å². The number of hydrogen-bond donors (Lipinski definition) is 2. The summed E-state index contributed by atoms with van der Waals surface area (Å²) < 4.78 is 22.4. The molecule has 0 aliphatic heterocycles. The average Bonchev–Trinajstić information content (AvgIpc) is 2.62. The molecule has 0 radical (unpaired) electrons. The summed E-state index contributed by atoms with van der Waals surface area (Å²) in [7, 11) is -3.13. The van der Waals surface area contributed by atoms with Crippen molar-refractivity contribution in [1.82, 2.24) is 0 Å². The lowest BCUT2D eigenvalue weighted by atomic mass is 10.1. The van der Waals surface area contributed by atoms with E-state index >= 15 is 0 Å². The standard InChI is InChI=1S/C11H23O5P/c1-5-15-17(14,16-6-2)8-7-11(13)9(12)10(11,3)4/h9,12-13H,5-8H2,1-4H3. The molecule has 6 heteroatoms. The molecule has 0 amide bonds. The SMILES string of the molecule is CCOP(=O)(CCC1(O)C(O)C1(C)C)OCC. The van der Waals surface area contributed by atoms with Crippen LogP contribution in [0.5, 0.6) is 0 Å². The molecule has 1 aliphatic carbocycles. The van der Waals surface area contributed by atoms with Crippen molar-refractivity contribution >= 4 is 7.60 Å². The molecular weight excluding hydrogens is 243 g/mol. The maximum absolute atomic E-state index is 12.2. The van der Waals surface area contributed by atoms with Gasteiger partial charge in [-0.25, -0.2) is 0 Å². The Labute approximate surface area is 103 Å². The second-order valence-electron chi connectivity index (χ2n) is 4.97. The van der Waals surface area contributed by atoms with Gasteiger partial charge in [0.05, 0.1) is 31.1 Å². The zero-order valence-electron chi connectivity index (χ0n) is 11.0. The Kier molecular flexibility index (Phi) is 4.43. The van der Waals surface area contributed by atoms with Crippen LogP contribution in [-0.2, 0) is 13.6 Å². The summed E-state index contributed by atoms with van der Waals surface area (Å²) in [6.07, 6.45) is -0.420. The maximum Gasteiger partial charge on any atom is 0.330 e. The largest absolute Gasteiger partial charge is 0.389 e. The fourth-order valence-corrected chi connectivity index (χ4v) is 3.86. The quantitative estimate of drug-likeness (QED) is 0.687. The summed E-state index contributed by atoms with van der Waals surface area (Å²) in [6, 6.07) is 0. The lowest BCUT2D eigenvalue weighted by Gasteiger charge is -2.19. The minimum Gasteiger partial charge on any atom is -0.389 e. The lowest BCUT2D eigenvalue weighted by molar-refractivity contribution is 0.0718. The molecule has 0 bridgehead atoms. The molecule has 1 fully saturated rings. The highest BCUT2D eigenvalue weighted by Gasteiger charge is 2.70. The zero-order valence-corrected chi connectivity index (χ0v) is 11.9. The van der Waals surface area contributed by atoms with Crippen molar-refractivity contribution in [2.24, 2.45) is 5.41 Å². The predicted molar refractivity (Wildman–Crippen MR) is 65.1 cm³/mol. The van der Waals surface area contributed by atoms with E-state index in [2.05, 4.69) is 0 Å². The summed E-state index contributed by atoms with van der Waals surface area (Å²) in [5, 5.41) is 19.8.